The van der Waals surface area contributed by atoms with Gasteiger partial charge in [0.1, 0.15) is 23.3 Å². The second-order valence-corrected chi connectivity index (χ2v) is 7.63. The largest absolute Gasteiger partial charge is 0.422 e. The van der Waals surface area contributed by atoms with Crippen LogP contribution in [-0.4, -0.2) is 11.0 Å². The van der Waals surface area contributed by atoms with Crippen LogP contribution in [-0.2, 0) is 6.42 Å². The minimum Gasteiger partial charge on any atom is -0.422 e. The van der Waals surface area contributed by atoms with Gasteiger partial charge in [-0.25, -0.2) is 14.2 Å². The van der Waals surface area contributed by atoms with Gasteiger partial charge in [-0.3, -0.25) is 0 Å². The van der Waals surface area contributed by atoms with E-state index in [-0.39, 0.29) is 17.0 Å². The number of aromatic nitrogens is 1. The molecule has 0 N–H and O–H groups in total. The number of unbranched alkanes of at least 4 members (excludes halogenated alkanes) is 9. The molecule has 2 aromatic rings. The van der Waals surface area contributed by atoms with Gasteiger partial charge in [-0.2, -0.15) is 5.26 Å². The quantitative estimate of drug-likeness (QED) is 0.207. The Kier molecular flexibility index (Phi) is 10.6. The van der Waals surface area contributed by atoms with Gasteiger partial charge in [0.25, 0.3) is 0 Å². The number of carbonyl (C=O) groups excluding carboxylic acids is 1. The van der Waals surface area contributed by atoms with Gasteiger partial charge in [-0.1, -0.05) is 70.8 Å². The van der Waals surface area contributed by atoms with Crippen LogP contribution in [0.4, 0.5) is 4.39 Å². The number of rotatable bonds is 13. The summed E-state index contributed by atoms with van der Waals surface area (Å²) in [4.78, 5) is 16.3. The molecule has 30 heavy (non-hydrogen) atoms. The predicted molar refractivity (Wildman–Crippen MR) is 116 cm³/mol. The van der Waals surface area contributed by atoms with Gasteiger partial charge in [0.05, 0.1) is 5.56 Å². The molecule has 0 radical (unpaired) electrons. The molecule has 0 amide bonds. The highest BCUT2D eigenvalue weighted by atomic mass is 19.1. The van der Waals surface area contributed by atoms with Gasteiger partial charge in [-0.15, -0.1) is 0 Å². The third-order valence-electron chi connectivity index (χ3n) is 5.12. The Labute approximate surface area is 179 Å². The molecule has 5 heteroatoms. The molecule has 0 saturated heterocycles. The van der Waals surface area contributed by atoms with Crippen molar-refractivity contribution in [3.05, 3.63) is 59.2 Å². The highest BCUT2D eigenvalue weighted by Gasteiger charge is 2.12. The van der Waals surface area contributed by atoms with Crippen molar-refractivity contribution in [2.45, 2.75) is 77.6 Å². The standard InChI is InChI=1S/C25H31FN2O2/c1-2-3-4-5-6-7-8-9-10-11-12-20-13-16-24(28-19-20)25(29)30-22-15-14-21(18-27)23(26)17-22/h13-17,19H,2-12H2,1H3. The number of hydrogen-bond donors (Lipinski definition) is 0. The molecule has 0 atom stereocenters. The van der Waals surface area contributed by atoms with Crippen LogP contribution in [0.15, 0.2) is 36.5 Å². The first-order valence-corrected chi connectivity index (χ1v) is 11.0. The molecule has 0 bridgehead atoms. The zero-order valence-corrected chi connectivity index (χ0v) is 17.8. The molecule has 0 aliphatic rings. The molecule has 1 aromatic carbocycles. The maximum Gasteiger partial charge on any atom is 0.362 e. The summed E-state index contributed by atoms with van der Waals surface area (Å²) >= 11 is 0. The highest BCUT2D eigenvalue weighted by Crippen LogP contribution is 2.17. The average Bonchev–Trinajstić information content (AvgIpc) is 2.75. The van der Waals surface area contributed by atoms with Crippen LogP contribution < -0.4 is 4.74 Å². The van der Waals surface area contributed by atoms with Gasteiger partial charge >= 0.3 is 5.97 Å². The highest BCUT2D eigenvalue weighted by molar-refractivity contribution is 5.88. The molecule has 4 nitrogen and oxygen atoms in total. The molecule has 0 aliphatic carbocycles. The molecule has 1 aromatic heterocycles. The summed E-state index contributed by atoms with van der Waals surface area (Å²) in [5, 5.41) is 8.74. The van der Waals surface area contributed by atoms with Crippen LogP contribution in [0.25, 0.3) is 0 Å². The number of aryl methyl sites for hydroxylation is 1. The molecular formula is C25H31FN2O2. The van der Waals surface area contributed by atoms with E-state index in [2.05, 4.69) is 11.9 Å². The summed E-state index contributed by atoms with van der Waals surface area (Å²) in [5.41, 5.74) is 1.17. The number of hydrogen-bond acceptors (Lipinski definition) is 4. The number of nitrogens with zero attached hydrogens (tertiary/aromatic N) is 2. The van der Waals surface area contributed by atoms with E-state index < -0.39 is 11.8 Å². The predicted octanol–water partition coefficient (Wildman–Crippen LogP) is 6.77. The zero-order valence-electron chi connectivity index (χ0n) is 17.8. The first-order chi connectivity index (χ1) is 14.6. The van der Waals surface area contributed by atoms with Crippen LogP contribution in [0, 0.1) is 17.1 Å². The summed E-state index contributed by atoms with van der Waals surface area (Å²) in [6.45, 7) is 2.24. The topological polar surface area (TPSA) is 63.0 Å². The lowest BCUT2D eigenvalue weighted by Gasteiger charge is -2.06. The minimum absolute atomic E-state index is 0.0488. The summed E-state index contributed by atoms with van der Waals surface area (Å²) in [6, 6.07) is 8.93. The SMILES string of the molecule is CCCCCCCCCCCCc1ccc(C(=O)Oc2ccc(C#N)c(F)c2)nc1. The molecule has 0 spiro atoms. The summed E-state index contributed by atoms with van der Waals surface area (Å²) in [7, 11) is 0. The zero-order chi connectivity index (χ0) is 21.6. The van der Waals surface area contributed by atoms with E-state index >= 15 is 0 Å². The van der Waals surface area contributed by atoms with Gasteiger partial charge in [-0.05, 0) is 36.6 Å². The van der Waals surface area contributed by atoms with Gasteiger partial charge < -0.3 is 4.74 Å². The van der Waals surface area contributed by atoms with Crippen molar-refractivity contribution in [1.82, 2.24) is 4.98 Å². The molecule has 0 saturated carbocycles. The Morgan fingerprint density at radius 3 is 2.23 bits per heavy atom. The van der Waals surface area contributed by atoms with Gasteiger partial charge in [0, 0.05) is 12.3 Å². The monoisotopic (exact) mass is 410 g/mol. The first-order valence-electron chi connectivity index (χ1n) is 11.0. The van der Waals surface area contributed by atoms with E-state index in [0.717, 1.165) is 24.5 Å². The number of ether oxygens (including phenoxy) is 1. The lowest BCUT2D eigenvalue weighted by Crippen LogP contribution is -2.11. The maximum atomic E-state index is 13.6. The van der Waals surface area contributed by atoms with E-state index in [1.807, 2.05) is 6.07 Å². The third kappa shape index (κ3) is 8.32. The van der Waals surface area contributed by atoms with Crippen LogP contribution in [0.1, 0.15) is 92.7 Å². The Morgan fingerprint density at radius 1 is 1.00 bits per heavy atom. The number of benzene rings is 1. The van der Waals surface area contributed by atoms with Crippen molar-refractivity contribution in [2.24, 2.45) is 0 Å². The van der Waals surface area contributed by atoms with Crippen LogP contribution in [0.3, 0.4) is 0 Å². The van der Waals surface area contributed by atoms with Gasteiger partial charge in [0.2, 0.25) is 0 Å². The Morgan fingerprint density at radius 2 is 1.67 bits per heavy atom. The summed E-state index contributed by atoms with van der Waals surface area (Å²) < 4.78 is 18.7. The molecule has 1 heterocycles. The van der Waals surface area contributed by atoms with Crippen LogP contribution in [0.5, 0.6) is 5.75 Å². The molecule has 2 rings (SSSR count). The second-order valence-electron chi connectivity index (χ2n) is 7.63. The van der Waals surface area contributed by atoms with Crippen molar-refractivity contribution in [3.63, 3.8) is 0 Å². The summed E-state index contributed by atoms with van der Waals surface area (Å²) in [5.74, 6) is -1.32. The fraction of sp³-hybridized carbons (Fsp3) is 0.480. The number of esters is 1. The fourth-order valence-corrected chi connectivity index (χ4v) is 3.32. The van der Waals surface area contributed by atoms with E-state index in [1.54, 1.807) is 18.3 Å². The second kappa shape index (κ2) is 13.5. The Hall–Kier alpha value is -2.74. The lowest BCUT2D eigenvalue weighted by atomic mass is 10.0. The van der Waals surface area contributed by atoms with Crippen LogP contribution in [0.2, 0.25) is 0 Å². The van der Waals surface area contributed by atoms with Gasteiger partial charge in [0.15, 0.2) is 0 Å². The molecule has 0 unspecified atom stereocenters. The number of nitriles is 1. The van der Waals surface area contributed by atoms with Crippen LogP contribution >= 0.6 is 0 Å². The van der Waals surface area contributed by atoms with Crippen molar-refractivity contribution in [1.29, 1.82) is 5.26 Å². The van der Waals surface area contributed by atoms with E-state index in [0.29, 0.717) is 0 Å². The Balaban J connectivity index is 1.66. The fourth-order valence-electron chi connectivity index (χ4n) is 3.32. The molecule has 0 fully saturated rings. The first kappa shape index (κ1) is 23.5. The Bertz CT molecular complexity index is 828. The summed E-state index contributed by atoms with van der Waals surface area (Å²) in [6.07, 6.45) is 15.6. The molecule has 0 aliphatic heterocycles. The van der Waals surface area contributed by atoms with E-state index in [9.17, 15) is 9.18 Å². The molecule has 160 valence electrons. The number of halogens is 1. The maximum absolute atomic E-state index is 13.6. The van der Waals surface area contributed by atoms with Crippen molar-refractivity contribution in [3.8, 4) is 11.8 Å². The normalized spacial score (nSPS) is 10.6. The average molecular weight is 411 g/mol. The van der Waals surface area contributed by atoms with Crippen molar-refractivity contribution < 1.29 is 13.9 Å². The van der Waals surface area contributed by atoms with Crippen molar-refractivity contribution >= 4 is 5.97 Å². The third-order valence-corrected chi connectivity index (χ3v) is 5.12. The lowest BCUT2D eigenvalue weighted by molar-refractivity contribution is 0.0728. The molecular weight excluding hydrogens is 379 g/mol. The number of carbonyl (C=O) groups is 1. The van der Waals surface area contributed by atoms with E-state index in [1.165, 1.54) is 69.9 Å². The van der Waals surface area contributed by atoms with Crippen molar-refractivity contribution in [2.75, 3.05) is 0 Å². The minimum atomic E-state index is -0.720. The number of pyridine rings is 1. The van der Waals surface area contributed by atoms with E-state index in [4.69, 9.17) is 10.00 Å². The smallest absolute Gasteiger partial charge is 0.362 e.